The largest absolute Gasteiger partial charge is 0.355 e. The second-order valence-corrected chi connectivity index (χ2v) is 9.48. The number of nitrogens with zero attached hydrogens (tertiary/aromatic N) is 5. The lowest BCUT2D eigenvalue weighted by Crippen LogP contribution is -2.43. The van der Waals surface area contributed by atoms with E-state index in [-0.39, 0.29) is 17.7 Å². The highest BCUT2D eigenvalue weighted by molar-refractivity contribution is 7.19. The Hall–Kier alpha value is -3.01. The van der Waals surface area contributed by atoms with Crippen molar-refractivity contribution in [1.82, 2.24) is 25.5 Å². The summed E-state index contributed by atoms with van der Waals surface area (Å²) in [7, 11) is 0. The molecule has 2 fully saturated rings. The number of imidazole rings is 1. The average Bonchev–Trinajstić information content (AvgIpc) is 3.52. The number of nitrogens with one attached hydrogen (secondary N) is 2. The summed E-state index contributed by atoms with van der Waals surface area (Å²) in [4.78, 5) is 36.5. The van der Waals surface area contributed by atoms with Crippen molar-refractivity contribution in [2.45, 2.75) is 39.0 Å². The first-order valence-electron chi connectivity index (χ1n) is 11.2. The standard InChI is InChI=1S/C22H27N7O2S/c1-14-6-7-16-17(12-14)25-18(24-16)8-9-23-20(31)15-4-2-10-28(13-15)21-26-27-22(32-21)29-11-3-5-19(29)30/h6-7,12,15H,2-5,8-11,13H2,1H3,(H,23,31)(H,24,25). The van der Waals surface area contributed by atoms with Crippen molar-refractivity contribution in [3.05, 3.63) is 29.6 Å². The molecule has 3 aromatic rings. The van der Waals surface area contributed by atoms with E-state index in [1.807, 2.05) is 12.1 Å². The van der Waals surface area contributed by atoms with E-state index >= 15 is 0 Å². The molecule has 0 saturated carbocycles. The van der Waals surface area contributed by atoms with Crippen molar-refractivity contribution < 1.29 is 9.59 Å². The average molecular weight is 454 g/mol. The molecule has 1 unspecified atom stereocenters. The van der Waals surface area contributed by atoms with E-state index < -0.39 is 0 Å². The molecule has 0 spiro atoms. The number of benzene rings is 1. The molecule has 2 saturated heterocycles. The van der Waals surface area contributed by atoms with E-state index in [1.165, 1.54) is 16.9 Å². The van der Waals surface area contributed by atoms with Gasteiger partial charge in [-0.15, -0.1) is 10.2 Å². The Morgan fingerprint density at radius 3 is 2.97 bits per heavy atom. The first-order chi connectivity index (χ1) is 15.6. The van der Waals surface area contributed by atoms with Crippen LogP contribution in [0.3, 0.4) is 0 Å². The third-order valence-corrected chi connectivity index (χ3v) is 7.13. The van der Waals surface area contributed by atoms with Crippen molar-refractivity contribution in [3.63, 3.8) is 0 Å². The minimum atomic E-state index is -0.0807. The highest BCUT2D eigenvalue weighted by Gasteiger charge is 2.30. The minimum absolute atomic E-state index is 0.0705. The van der Waals surface area contributed by atoms with Crippen LogP contribution < -0.4 is 15.1 Å². The molecule has 1 atom stereocenters. The van der Waals surface area contributed by atoms with Crippen LogP contribution in [-0.2, 0) is 16.0 Å². The highest BCUT2D eigenvalue weighted by atomic mass is 32.1. The number of amides is 2. The monoisotopic (exact) mass is 453 g/mol. The van der Waals surface area contributed by atoms with Crippen LogP contribution in [0.4, 0.5) is 10.3 Å². The van der Waals surface area contributed by atoms with Gasteiger partial charge in [-0.1, -0.05) is 17.4 Å². The van der Waals surface area contributed by atoms with Crippen molar-refractivity contribution in [1.29, 1.82) is 0 Å². The van der Waals surface area contributed by atoms with Crippen LogP contribution in [-0.4, -0.2) is 58.2 Å². The van der Waals surface area contributed by atoms with Crippen LogP contribution in [0.15, 0.2) is 18.2 Å². The fourth-order valence-corrected chi connectivity index (χ4v) is 5.33. The minimum Gasteiger partial charge on any atom is -0.355 e. The van der Waals surface area contributed by atoms with Crippen molar-refractivity contribution in [2.75, 3.05) is 36.0 Å². The van der Waals surface area contributed by atoms with E-state index in [0.29, 0.717) is 37.6 Å². The van der Waals surface area contributed by atoms with Crippen molar-refractivity contribution >= 4 is 44.4 Å². The SMILES string of the molecule is Cc1ccc2nc(CCNC(=O)C3CCCN(c4nnc(N5CCCC5=O)s4)C3)[nH]c2c1. The number of fused-ring (bicyclic) bond motifs is 1. The maximum atomic E-state index is 12.8. The summed E-state index contributed by atoms with van der Waals surface area (Å²) in [5.41, 5.74) is 3.17. The summed E-state index contributed by atoms with van der Waals surface area (Å²) in [6.45, 7) is 4.79. The molecule has 2 aliphatic rings. The van der Waals surface area contributed by atoms with Gasteiger partial charge in [0, 0.05) is 39.0 Å². The fourth-order valence-electron chi connectivity index (χ4n) is 4.40. The van der Waals surface area contributed by atoms with Crippen molar-refractivity contribution in [3.8, 4) is 0 Å². The van der Waals surface area contributed by atoms with Gasteiger partial charge in [0.25, 0.3) is 0 Å². The summed E-state index contributed by atoms with van der Waals surface area (Å²) < 4.78 is 0. The molecule has 32 heavy (non-hydrogen) atoms. The number of piperidine rings is 1. The number of aryl methyl sites for hydroxylation is 1. The zero-order chi connectivity index (χ0) is 22.1. The van der Waals surface area contributed by atoms with Crippen LogP contribution in [0.25, 0.3) is 11.0 Å². The molecule has 168 valence electrons. The molecule has 0 radical (unpaired) electrons. The molecule has 0 bridgehead atoms. The molecule has 0 aliphatic carbocycles. The molecule has 1 aromatic carbocycles. The first-order valence-corrected chi connectivity index (χ1v) is 12.0. The van der Waals surface area contributed by atoms with E-state index in [9.17, 15) is 9.59 Å². The molecule has 10 heteroatoms. The second kappa shape index (κ2) is 8.85. The number of carbonyl (C=O) groups is 2. The molecule has 2 aliphatic heterocycles. The summed E-state index contributed by atoms with van der Waals surface area (Å²) in [5, 5.41) is 13.0. The Bertz CT molecular complexity index is 1140. The molecular formula is C22H27N7O2S. The quantitative estimate of drug-likeness (QED) is 0.594. The van der Waals surface area contributed by atoms with Crippen molar-refractivity contribution in [2.24, 2.45) is 5.92 Å². The maximum absolute atomic E-state index is 12.8. The topological polar surface area (TPSA) is 107 Å². The Labute approximate surface area is 190 Å². The van der Waals surface area contributed by atoms with Gasteiger partial charge in [0.2, 0.25) is 22.1 Å². The van der Waals surface area contributed by atoms with Crippen LogP contribution in [0.1, 0.15) is 37.1 Å². The van der Waals surface area contributed by atoms with Gasteiger partial charge in [-0.2, -0.15) is 0 Å². The molecule has 5 rings (SSSR count). The van der Waals surface area contributed by atoms with E-state index in [4.69, 9.17) is 0 Å². The Balaban J connectivity index is 1.15. The van der Waals surface area contributed by atoms with E-state index in [1.54, 1.807) is 4.90 Å². The summed E-state index contributed by atoms with van der Waals surface area (Å²) in [6.07, 6.45) is 3.91. The summed E-state index contributed by atoms with van der Waals surface area (Å²) in [6, 6.07) is 6.14. The van der Waals surface area contributed by atoms with Crippen LogP contribution in [0, 0.1) is 12.8 Å². The molecule has 2 amide bonds. The third-order valence-electron chi connectivity index (χ3n) is 6.12. The van der Waals surface area contributed by atoms with Crippen LogP contribution >= 0.6 is 11.3 Å². The van der Waals surface area contributed by atoms with Gasteiger partial charge in [-0.05, 0) is 43.9 Å². The predicted octanol–water partition coefficient (Wildman–Crippen LogP) is 2.42. The van der Waals surface area contributed by atoms with E-state index in [0.717, 1.165) is 47.8 Å². The number of H-pyrrole nitrogens is 1. The van der Waals surface area contributed by atoms with Gasteiger partial charge in [-0.25, -0.2) is 4.98 Å². The fraction of sp³-hybridized carbons (Fsp3) is 0.500. The Kier molecular flexibility index (Phi) is 5.77. The molecule has 2 N–H and O–H groups in total. The number of carbonyl (C=O) groups excluding carboxylic acids is 2. The summed E-state index contributed by atoms with van der Waals surface area (Å²) >= 11 is 1.44. The number of aromatic nitrogens is 4. The number of anilines is 2. The molecular weight excluding hydrogens is 426 g/mol. The zero-order valence-electron chi connectivity index (χ0n) is 18.1. The van der Waals surface area contributed by atoms with Gasteiger partial charge >= 0.3 is 0 Å². The third kappa shape index (κ3) is 4.32. The summed E-state index contributed by atoms with van der Waals surface area (Å²) in [5.74, 6) is 0.987. The zero-order valence-corrected chi connectivity index (χ0v) is 19.0. The van der Waals surface area contributed by atoms with Gasteiger partial charge in [0.15, 0.2) is 0 Å². The normalized spacial score (nSPS) is 19.2. The Morgan fingerprint density at radius 1 is 1.25 bits per heavy atom. The van der Waals surface area contributed by atoms with E-state index in [2.05, 4.69) is 43.4 Å². The van der Waals surface area contributed by atoms with Gasteiger partial charge in [0.1, 0.15) is 5.82 Å². The second-order valence-electron chi connectivity index (χ2n) is 8.55. The maximum Gasteiger partial charge on any atom is 0.228 e. The smallest absolute Gasteiger partial charge is 0.228 e. The molecule has 9 nitrogen and oxygen atoms in total. The lowest BCUT2D eigenvalue weighted by Gasteiger charge is -2.31. The molecule has 4 heterocycles. The Morgan fingerprint density at radius 2 is 2.12 bits per heavy atom. The van der Waals surface area contributed by atoms with Crippen LogP contribution in [0.5, 0.6) is 0 Å². The highest BCUT2D eigenvalue weighted by Crippen LogP contribution is 2.32. The van der Waals surface area contributed by atoms with Gasteiger partial charge in [-0.3, -0.25) is 14.5 Å². The lowest BCUT2D eigenvalue weighted by molar-refractivity contribution is -0.125. The van der Waals surface area contributed by atoms with Gasteiger partial charge in [0.05, 0.1) is 17.0 Å². The van der Waals surface area contributed by atoms with Crippen LogP contribution in [0.2, 0.25) is 0 Å². The predicted molar refractivity (Wildman–Crippen MR) is 124 cm³/mol. The number of hydrogen-bond acceptors (Lipinski definition) is 7. The lowest BCUT2D eigenvalue weighted by atomic mass is 9.97. The number of rotatable bonds is 6. The number of hydrogen-bond donors (Lipinski definition) is 2. The molecule has 2 aromatic heterocycles. The van der Waals surface area contributed by atoms with Gasteiger partial charge < -0.3 is 15.2 Å². The first kappa shape index (κ1) is 20.9. The number of aromatic amines is 1.